The summed E-state index contributed by atoms with van der Waals surface area (Å²) >= 11 is 0. The first kappa shape index (κ1) is 3.61. The van der Waals surface area contributed by atoms with Crippen LogP contribution in [0.3, 0.4) is 0 Å². The number of aliphatic imine (C=N–C) groups is 1. The number of rotatable bonds is 0. The van der Waals surface area contributed by atoms with Gasteiger partial charge in [0, 0.05) is 0 Å². The lowest BCUT2D eigenvalue weighted by molar-refractivity contribution is -0.104. The Bertz CT molecular complexity index is 247. The van der Waals surface area contributed by atoms with E-state index in [4.69, 9.17) is 0 Å². The average molecular weight is 133 g/mol. The number of hydrogen-bond acceptors (Lipinski definition) is 5. The van der Waals surface area contributed by atoms with Crippen molar-refractivity contribution in [2.45, 2.75) is 5.91 Å². The number of nitrogens with zero attached hydrogens (tertiary/aromatic N) is 1. The highest BCUT2D eigenvalue weighted by Crippen LogP contribution is 2.77. The maximum absolute atomic E-state index is 10.6. The van der Waals surface area contributed by atoms with Crippen LogP contribution in [0.25, 0.3) is 0 Å². The Hall–Kier alpha value is -0.380. The van der Waals surface area contributed by atoms with E-state index in [9.17, 15) is 4.57 Å². The van der Waals surface area contributed by atoms with Gasteiger partial charge >= 0.3 is 13.7 Å². The summed E-state index contributed by atoms with van der Waals surface area (Å²) < 4.78 is 24.3. The molecule has 8 heavy (non-hydrogen) atoms. The molecule has 0 radical (unpaired) electrons. The molecule has 0 amide bonds. The largest absolute Gasteiger partial charge is 0.540 e. The molecule has 4 rings (SSSR count). The van der Waals surface area contributed by atoms with Crippen molar-refractivity contribution in [3.63, 3.8) is 0 Å². The molecular formula is C2NO4P. The van der Waals surface area contributed by atoms with Gasteiger partial charge in [-0.15, -0.1) is 0 Å². The summed E-state index contributed by atoms with van der Waals surface area (Å²) in [6.07, 6.45) is 0. The summed E-state index contributed by atoms with van der Waals surface area (Å²) in [7, 11) is -3.05. The minimum absolute atomic E-state index is 0.334. The normalized spacial score (nSPS) is 62.8. The van der Waals surface area contributed by atoms with E-state index in [0.29, 0.717) is 5.90 Å². The van der Waals surface area contributed by atoms with Crippen molar-refractivity contribution >= 4 is 13.7 Å². The van der Waals surface area contributed by atoms with Gasteiger partial charge in [0.1, 0.15) is 0 Å². The van der Waals surface area contributed by atoms with E-state index < -0.39 is 13.7 Å². The fraction of sp³-hybridized carbons (Fsp3) is 0.500. The summed E-state index contributed by atoms with van der Waals surface area (Å²) in [5.74, 6) is -0.643. The Labute approximate surface area is 43.9 Å². The zero-order valence-electron chi connectivity index (χ0n) is 3.53. The summed E-state index contributed by atoms with van der Waals surface area (Å²) in [6, 6.07) is 0. The predicted molar refractivity (Wildman–Crippen MR) is 21.0 cm³/mol. The first-order valence-electron chi connectivity index (χ1n) is 2.04. The zero-order valence-corrected chi connectivity index (χ0v) is 4.42. The van der Waals surface area contributed by atoms with Crippen molar-refractivity contribution in [1.82, 2.24) is 0 Å². The quantitative estimate of drug-likeness (QED) is 0.444. The van der Waals surface area contributed by atoms with Gasteiger partial charge in [-0.1, -0.05) is 0 Å². The van der Waals surface area contributed by atoms with Crippen LogP contribution in [0.4, 0.5) is 0 Å². The van der Waals surface area contributed by atoms with E-state index in [1.54, 1.807) is 0 Å². The van der Waals surface area contributed by atoms with E-state index in [1.807, 2.05) is 0 Å². The highest BCUT2D eigenvalue weighted by Gasteiger charge is 2.81. The fourth-order valence-electron chi connectivity index (χ4n) is 0.756. The van der Waals surface area contributed by atoms with Crippen LogP contribution in [0.1, 0.15) is 0 Å². The third-order valence-electron chi connectivity index (χ3n) is 1.14. The maximum atomic E-state index is 10.6. The molecule has 1 spiro atoms. The fourth-order valence-corrected chi connectivity index (χ4v) is 2.06. The zero-order chi connectivity index (χ0) is 5.41. The van der Waals surface area contributed by atoms with Crippen molar-refractivity contribution in [2.75, 3.05) is 0 Å². The second kappa shape index (κ2) is 0.603. The van der Waals surface area contributed by atoms with Crippen LogP contribution < -0.4 is 0 Å². The third-order valence-corrected chi connectivity index (χ3v) is 2.48. The molecule has 0 N–H and O–H groups in total. The van der Waals surface area contributed by atoms with Crippen LogP contribution in [0.5, 0.6) is 0 Å². The van der Waals surface area contributed by atoms with Gasteiger partial charge in [-0.05, 0) is 0 Å². The topological polar surface area (TPSA) is 57.1 Å². The highest BCUT2D eigenvalue weighted by atomic mass is 31.2. The van der Waals surface area contributed by atoms with Gasteiger partial charge in [0.2, 0.25) is 0 Å². The van der Waals surface area contributed by atoms with Crippen molar-refractivity contribution in [1.29, 1.82) is 0 Å². The molecule has 4 heterocycles. The molecule has 2 bridgehead atoms. The molecule has 0 unspecified atom stereocenters. The lowest BCUT2D eigenvalue weighted by Gasteiger charge is -2.20. The summed E-state index contributed by atoms with van der Waals surface area (Å²) in [6.45, 7) is 0. The molecule has 0 aromatic carbocycles. The minimum atomic E-state index is -3.05. The monoisotopic (exact) mass is 133 g/mol. The predicted octanol–water partition coefficient (Wildman–Crippen LogP) is 0.237. The first-order valence-corrected chi connectivity index (χ1v) is 3.50. The van der Waals surface area contributed by atoms with Gasteiger partial charge in [-0.25, -0.2) is 13.6 Å². The molecule has 0 atom stereocenters. The molecule has 0 aromatic heterocycles. The van der Waals surface area contributed by atoms with Crippen molar-refractivity contribution in [2.24, 2.45) is 4.99 Å². The van der Waals surface area contributed by atoms with Crippen LogP contribution in [0.15, 0.2) is 4.99 Å². The standard InChI is InChI=1S/C2NO4P/c4-8-5-1-2(3-1,6-8)7-8. The van der Waals surface area contributed by atoms with Gasteiger partial charge in [0.25, 0.3) is 5.90 Å². The van der Waals surface area contributed by atoms with E-state index in [1.165, 1.54) is 0 Å². The molecule has 0 aliphatic carbocycles. The molecule has 0 aromatic rings. The first-order chi connectivity index (χ1) is 3.73. The van der Waals surface area contributed by atoms with E-state index in [0.717, 1.165) is 0 Å². The van der Waals surface area contributed by atoms with Crippen LogP contribution in [-0.4, -0.2) is 11.8 Å². The van der Waals surface area contributed by atoms with Crippen LogP contribution >= 0.6 is 7.82 Å². The Kier molecular flexibility index (Phi) is 0.272. The van der Waals surface area contributed by atoms with Gasteiger partial charge in [0.15, 0.2) is 0 Å². The summed E-state index contributed by atoms with van der Waals surface area (Å²) in [4.78, 5) is 3.58. The smallest absolute Gasteiger partial charge is 0.381 e. The lowest BCUT2D eigenvalue weighted by Crippen LogP contribution is -2.25. The van der Waals surface area contributed by atoms with Gasteiger partial charge in [-0.3, -0.25) is 0 Å². The molecule has 3 saturated heterocycles. The molecule has 42 valence electrons. The molecule has 0 saturated carbocycles. The van der Waals surface area contributed by atoms with Crippen molar-refractivity contribution in [3.8, 4) is 0 Å². The Morgan fingerprint density at radius 3 is 2.62 bits per heavy atom. The summed E-state index contributed by atoms with van der Waals surface area (Å²) in [5, 5.41) is 0. The summed E-state index contributed by atoms with van der Waals surface area (Å²) in [5.41, 5.74) is 0. The lowest BCUT2D eigenvalue weighted by atomic mass is 10.7. The van der Waals surface area contributed by atoms with E-state index in [-0.39, 0.29) is 0 Å². The molecule has 3 fully saturated rings. The van der Waals surface area contributed by atoms with Gasteiger partial charge < -0.3 is 4.52 Å². The highest BCUT2D eigenvalue weighted by molar-refractivity contribution is 7.51. The maximum Gasteiger partial charge on any atom is 0.540 e. The third kappa shape index (κ3) is 0.183. The number of phosphoric ester groups is 1. The van der Waals surface area contributed by atoms with Crippen LogP contribution in [0, 0.1) is 0 Å². The SMILES string of the molecule is O=P12OC3=NC3(O1)O2. The molecule has 5 nitrogen and oxygen atoms in total. The second-order valence-corrected chi connectivity index (χ2v) is 3.16. The van der Waals surface area contributed by atoms with Gasteiger partial charge in [0.05, 0.1) is 0 Å². The van der Waals surface area contributed by atoms with Crippen molar-refractivity contribution in [3.05, 3.63) is 0 Å². The van der Waals surface area contributed by atoms with E-state index in [2.05, 4.69) is 18.6 Å². The minimum Gasteiger partial charge on any atom is -0.381 e. The Balaban J connectivity index is 2.27. The molecule has 6 heteroatoms. The van der Waals surface area contributed by atoms with Gasteiger partial charge in [-0.2, -0.15) is 4.99 Å². The number of phosphoric acid groups is 1. The second-order valence-electron chi connectivity index (χ2n) is 1.72. The van der Waals surface area contributed by atoms with Crippen LogP contribution in [-0.2, 0) is 18.1 Å². The Morgan fingerprint density at radius 1 is 1.62 bits per heavy atom. The van der Waals surface area contributed by atoms with Crippen molar-refractivity contribution < 1.29 is 18.1 Å². The molecular weight excluding hydrogens is 133 g/mol. The molecule has 4 aliphatic heterocycles. The average Bonchev–Trinajstić information content (AvgIpc) is 2.03. The number of hydrogen-bond donors (Lipinski definition) is 0. The van der Waals surface area contributed by atoms with Crippen LogP contribution in [0.2, 0.25) is 0 Å². The Morgan fingerprint density at radius 2 is 2.38 bits per heavy atom. The van der Waals surface area contributed by atoms with E-state index >= 15 is 0 Å². The molecule has 4 aliphatic rings.